The molecule has 2 atom stereocenters. The SMILES string of the molecule is O=C(O)c1cc([N+](=O)[O-])cnc1NC1CCCCC1CO. The quantitative estimate of drug-likeness (QED) is 0.557. The lowest BCUT2D eigenvalue weighted by Crippen LogP contribution is -2.35. The average Bonchev–Trinajstić information content (AvgIpc) is 2.47. The first-order valence-electron chi connectivity index (χ1n) is 6.78. The minimum Gasteiger partial charge on any atom is -0.478 e. The largest absolute Gasteiger partial charge is 0.478 e. The molecule has 1 aromatic rings. The molecule has 2 rings (SSSR count). The summed E-state index contributed by atoms with van der Waals surface area (Å²) in [4.78, 5) is 25.1. The van der Waals surface area contributed by atoms with Crippen molar-refractivity contribution in [2.24, 2.45) is 5.92 Å². The number of nitrogens with zero attached hydrogens (tertiary/aromatic N) is 2. The third-order valence-electron chi connectivity index (χ3n) is 3.78. The van der Waals surface area contributed by atoms with Crippen molar-refractivity contribution in [3.63, 3.8) is 0 Å². The normalized spacial score (nSPS) is 21.8. The van der Waals surface area contributed by atoms with E-state index in [1.807, 2.05) is 0 Å². The molecule has 1 aliphatic carbocycles. The number of carbonyl (C=O) groups is 1. The van der Waals surface area contributed by atoms with Crippen LogP contribution in [0, 0.1) is 16.0 Å². The molecule has 0 bridgehead atoms. The van der Waals surface area contributed by atoms with Crippen LogP contribution in [0.5, 0.6) is 0 Å². The number of carboxylic acids is 1. The monoisotopic (exact) mass is 295 g/mol. The molecule has 1 heterocycles. The van der Waals surface area contributed by atoms with E-state index in [-0.39, 0.29) is 35.6 Å². The summed E-state index contributed by atoms with van der Waals surface area (Å²) in [6, 6.07) is 0.921. The van der Waals surface area contributed by atoms with E-state index in [9.17, 15) is 25.1 Å². The van der Waals surface area contributed by atoms with Gasteiger partial charge in [-0.2, -0.15) is 0 Å². The predicted molar refractivity (Wildman–Crippen MR) is 74.3 cm³/mol. The third kappa shape index (κ3) is 3.46. The first-order valence-corrected chi connectivity index (χ1v) is 6.78. The number of aliphatic hydroxyl groups is 1. The van der Waals surface area contributed by atoms with Crippen LogP contribution in [-0.4, -0.2) is 38.7 Å². The van der Waals surface area contributed by atoms with Gasteiger partial charge in [-0.05, 0) is 12.8 Å². The topological polar surface area (TPSA) is 126 Å². The van der Waals surface area contributed by atoms with E-state index in [1.165, 1.54) is 0 Å². The molecule has 0 radical (unpaired) electrons. The summed E-state index contributed by atoms with van der Waals surface area (Å²) < 4.78 is 0. The number of hydrogen-bond donors (Lipinski definition) is 3. The molecule has 21 heavy (non-hydrogen) atoms. The standard InChI is InChI=1S/C13H17N3O5/c17-7-8-3-1-2-4-11(8)15-12-10(13(18)19)5-9(6-14-12)16(20)21/h5-6,8,11,17H,1-4,7H2,(H,14,15)(H,18,19). The van der Waals surface area contributed by atoms with Crippen LogP contribution in [0.3, 0.4) is 0 Å². The Kier molecular flexibility index (Phi) is 4.69. The van der Waals surface area contributed by atoms with Crippen molar-refractivity contribution < 1.29 is 19.9 Å². The average molecular weight is 295 g/mol. The molecule has 1 saturated carbocycles. The van der Waals surface area contributed by atoms with Gasteiger partial charge < -0.3 is 15.5 Å². The van der Waals surface area contributed by atoms with Gasteiger partial charge in [0, 0.05) is 24.6 Å². The van der Waals surface area contributed by atoms with Crippen molar-refractivity contribution in [3.8, 4) is 0 Å². The number of aromatic nitrogens is 1. The Hall–Kier alpha value is -2.22. The Balaban J connectivity index is 2.26. The summed E-state index contributed by atoms with van der Waals surface area (Å²) in [5.41, 5.74) is -0.591. The smallest absolute Gasteiger partial charge is 0.339 e. The highest BCUT2D eigenvalue weighted by atomic mass is 16.6. The van der Waals surface area contributed by atoms with Gasteiger partial charge in [0.25, 0.3) is 5.69 Å². The minimum atomic E-state index is -1.27. The number of rotatable bonds is 5. The van der Waals surface area contributed by atoms with E-state index < -0.39 is 10.9 Å². The first-order chi connectivity index (χ1) is 10.0. The Morgan fingerprint density at radius 3 is 2.81 bits per heavy atom. The minimum absolute atomic E-state index is 0.0209. The van der Waals surface area contributed by atoms with Crippen molar-refractivity contribution in [3.05, 3.63) is 27.9 Å². The molecule has 114 valence electrons. The highest BCUT2D eigenvalue weighted by Gasteiger charge is 2.27. The van der Waals surface area contributed by atoms with Crippen LogP contribution < -0.4 is 5.32 Å². The third-order valence-corrected chi connectivity index (χ3v) is 3.78. The number of nitrogens with one attached hydrogen (secondary N) is 1. The fourth-order valence-corrected chi connectivity index (χ4v) is 2.62. The fraction of sp³-hybridized carbons (Fsp3) is 0.538. The first kappa shape index (κ1) is 15.2. The maximum atomic E-state index is 11.2. The summed E-state index contributed by atoms with van der Waals surface area (Å²) >= 11 is 0. The van der Waals surface area contributed by atoms with Crippen molar-refractivity contribution in [2.75, 3.05) is 11.9 Å². The lowest BCUT2D eigenvalue weighted by molar-refractivity contribution is -0.385. The number of nitro groups is 1. The van der Waals surface area contributed by atoms with Crippen LogP contribution in [0.2, 0.25) is 0 Å². The second-order valence-corrected chi connectivity index (χ2v) is 5.13. The van der Waals surface area contributed by atoms with Crippen LogP contribution in [0.15, 0.2) is 12.3 Å². The predicted octanol–water partition coefficient (Wildman–Crippen LogP) is 1.65. The molecule has 1 aromatic heterocycles. The van der Waals surface area contributed by atoms with Gasteiger partial charge in [0.1, 0.15) is 17.6 Å². The molecule has 8 nitrogen and oxygen atoms in total. The summed E-state index contributed by atoms with van der Waals surface area (Å²) in [6.07, 6.45) is 4.73. The summed E-state index contributed by atoms with van der Waals surface area (Å²) in [5.74, 6) is -1.12. The van der Waals surface area contributed by atoms with Crippen LogP contribution in [0.25, 0.3) is 0 Å². The van der Waals surface area contributed by atoms with E-state index in [4.69, 9.17) is 0 Å². The van der Waals surface area contributed by atoms with E-state index in [0.29, 0.717) is 0 Å². The van der Waals surface area contributed by atoms with Crippen molar-refractivity contribution in [1.29, 1.82) is 0 Å². The zero-order valence-electron chi connectivity index (χ0n) is 11.4. The number of carboxylic acid groups (broad SMARTS) is 1. The maximum Gasteiger partial charge on any atom is 0.339 e. The highest BCUT2D eigenvalue weighted by molar-refractivity contribution is 5.93. The van der Waals surface area contributed by atoms with Crippen LogP contribution in [0.4, 0.5) is 11.5 Å². The number of pyridine rings is 1. The molecule has 0 aliphatic heterocycles. The van der Waals surface area contributed by atoms with Gasteiger partial charge in [0.15, 0.2) is 0 Å². The van der Waals surface area contributed by atoms with E-state index in [0.717, 1.165) is 37.9 Å². The summed E-state index contributed by atoms with van der Waals surface area (Å²) in [5, 5.41) is 32.3. The molecule has 3 N–H and O–H groups in total. The number of aromatic carboxylic acids is 1. The molecule has 0 amide bonds. The van der Waals surface area contributed by atoms with Crippen molar-refractivity contribution in [1.82, 2.24) is 4.98 Å². The van der Waals surface area contributed by atoms with Crippen molar-refractivity contribution >= 4 is 17.5 Å². The molecule has 0 saturated heterocycles. The Morgan fingerprint density at radius 2 is 2.19 bits per heavy atom. The number of hydrogen-bond acceptors (Lipinski definition) is 6. The summed E-state index contributed by atoms with van der Waals surface area (Å²) in [7, 11) is 0. The van der Waals surface area contributed by atoms with Gasteiger partial charge in [-0.15, -0.1) is 0 Å². The molecular formula is C13H17N3O5. The second-order valence-electron chi connectivity index (χ2n) is 5.13. The highest BCUT2D eigenvalue weighted by Crippen LogP contribution is 2.28. The van der Waals surface area contributed by atoms with E-state index >= 15 is 0 Å². The lowest BCUT2D eigenvalue weighted by Gasteiger charge is -2.31. The number of aliphatic hydroxyl groups excluding tert-OH is 1. The molecule has 1 aliphatic rings. The lowest BCUT2D eigenvalue weighted by atomic mass is 9.85. The van der Waals surface area contributed by atoms with Gasteiger partial charge in [-0.25, -0.2) is 9.78 Å². The zero-order valence-corrected chi connectivity index (χ0v) is 11.4. The van der Waals surface area contributed by atoms with E-state index in [1.54, 1.807) is 0 Å². The van der Waals surface area contributed by atoms with Crippen LogP contribution in [-0.2, 0) is 0 Å². The zero-order chi connectivity index (χ0) is 15.4. The molecule has 8 heteroatoms. The molecule has 0 aromatic carbocycles. The Morgan fingerprint density at radius 1 is 1.48 bits per heavy atom. The van der Waals surface area contributed by atoms with Crippen LogP contribution in [0.1, 0.15) is 36.0 Å². The van der Waals surface area contributed by atoms with Gasteiger partial charge in [0.05, 0.1) is 4.92 Å². The molecular weight excluding hydrogens is 278 g/mol. The fourth-order valence-electron chi connectivity index (χ4n) is 2.62. The van der Waals surface area contributed by atoms with Gasteiger partial charge in [-0.1, -0.05) is 12.8 Å². The Labute approximate surface area is 121 Å². The number of anilines is 1. The van der Waals surface area contributed by atoms with Gasteiger partial charge in [-0.3, -0.25) is 10.1 Å². The van der Waals surface area contributed by atoms with Crippen molar-refractivity contribution in [2.45, 2.75) is 31.7 Å². The van der Waals surface area contributed by atoms with Crippen LogP contribution >= 0.6 is 0 Å². The van der Waals surface area contributed by atoms with E-state index in [2.05, 4.69) is 10.3 Å². The molecule has 2 unspecified atom stereocenters. The second kappa shape index (κ2) is 6.49. The molecule has 1 fully saturated rings. The summed E-state index contributed by atoms with van der Waals surface area (Å²) in [6.45, 7) is 0.0209. The molecule has 0 spiro atoms. The maximum absolute atomic E-state index is 11.2. The van der Waals surface area contributed by atoms with Gasteiger partial charge >= 0.3 is 5.97 Å². The van der Waals surface area contributed by atoms with Gasteiger partial charge in [0.2, 0.25) is 0 Å². The Bertz CT molecular complexity index is 549.